The molecule has 0 radical (unpaired) electrons. The number of hydrogen-bond donors (Lipinski definition) is 1. The first kappa shape index (κ1) is 15.8. The van der Waals surface area contributed by atoms with Crippen LogP contribution < -0.4 is 5.32 Å². The van der Waals surface area contributed by atoms with E-state index in [2.05, 4.69) is 22.0 Å². The van der Waals surface area contributed by atoms with Crippen LogP contribution in [0.3, 0.4) is 0 Å². The summed E-state index contributed by atoms with van der Waals surface area (Å²) >= 11 is 6.44. The van der Waals surface area contributed by atoms with Gasteiger partial charge in [-0.1, -0.05) is 18.0 Å². The van der Waals surface area contributed by atoms with Gasteiger partial charge in [0.1, 0.15) is 0 Å². The first-order chi connectivity index (χ1) is 9.62. The third-order valence-corrected chi connectivity index (χ3v) is 4.88. The molecule has 1 aromatic rings. The highest BCUT2D eigenvalue weighted by molar-refractivity contribution is 6.31. The summed E-state index contributed by atoms with van der Waals surface area (Å²) in [6.45, 7) is 7.72. The van der Waals surface area contributed by atoms with E-state index in [4.69, 9.17) is 16.3 Å². The molecule has 1 aromatic heterocycles. The van der Waals surface area contributed by atoms with E-state index in [1.165, 1.54) is 25.0 Å². The largest absolute Gasteiger partial charge is 0.383 e. The van der Waals surface area contributed by atoms with Crippen molar-refractivity contribution in [3.63, 3.8) is 0 Å². The summed E-state index contributed by atoms with van der Waals surface area (Å²) in [7, 11) is 1.74. The molecule has 4 nitrogen and oxygen atoms in total. The Bertz CT molecular complexity index is 441. The zero-order valence-electron chi connectivity index (χ0n) is 12.8. The summed E-state index contributed by atoms with van der Waals surface area (Å²) in [5.41, 5.74) is 2.52. The number of aromatic nitrogens is 2. The van der Waals surface area contributed by atoms with E-state index in [0.717, 1.165) is 43.4 Å². The maximum Gasteiger partial charge on any atom is 0.0847 e. The topological polar surface area (TPSA) is 39.1 Å². The van der Waals surface area contributed by atoms with Gasteiger partial charge in [0.15, 0.2) is 0 Å². The Morgan fingerprint density at radius 3 is 2.75 bits per heavy atom. The van der Waals surface area contributed by atoms with Crippen molar-refractivity contribution in [3.05, 3.63) is 16.4 Å². The molecule has 0 aromatic carbocycles. The predicted octanol–water partition coefficient (Wildman–Crippen LogP) is 2.81. The minimum absolute atomic E-state index is 0.358. The van der Waals surface area contributed by atoms with Crippen molar-refractivity contribution in [2.45, 2.75) is 46.1 Å². The molecular weight excluding hydrogens is 274 g/mol. The van der Waals surface area contributed by atoms with Gasteiger partial charge in [-0.3, -0.25) is 4.68 Å². The van der Waals surface area contributed by atoms with Crippen LogP contribution in [0.5, 0.6) is 0 Å². The molecule has 1 aliphatic carbocycles. The number of halogens is 1. The molecule has 0 saturated heterocycles. The van der Waals surface area contributed by atoms with Crippen LogP contribution in [0.15, 0.2) is 0 Å². The highest BCUT2D eigenvalue weighted by Gasteiger charge is 2.38. The fraction of sp³-hybridized carbons (Fsp3) is 0.800. The highest BCUT2D eigenvalue weighted by atomic mass is 35.5. The fourth-order valence-corrected chi connectivity index (χ4v) is 3.22. The second kappa shape index (κ2) is 6.92. The van der Waals surface area contributed by atoms with Crippen LogP contribution in [0.25, 0.3) is 0 Å². The minimum atomic E-state index is 0.358. The first-order valence-corrected chi connectivity index (χ1v) is 7.91. The van der Waals surface area contributed by atoms with Crippen LogP contribution in [-0.2, 0) is 17.7 Å². The van der Waals surface area contributed by atoms with Gasteiger partial charge in [0.05, 0.1) is 23.0 Å². The zero-order chi connectivity index (χ0) is 14.6. The molecule has 0 atom stereocenters. The van der Waals surface area contributed by atoms with Crippen LogP contribution in [0.4, 0.5) is 0 Å². The minimum Gasteiger partial charge on any atom is -0.383 e. The first-order valence-electron chi connectivity index (χ1n) is 7.53. The lowest BCUT2D eigenvalue weighted by Crippen LogP contribution is -2.43. The van der Waals surface area contributed by atoms with Crippen molar-refractivity contribution >= 4 is 11.6 Å². The number of hydrogen-bond acceptors (Lipinski definition) is 3. The van der Waals surface area contributed by atoms with Crippen LogP contribution >= 0.6 is 11.6 Å². The molecule has 114 valence electrons. The van der Waals surface area contributed by atoms with Gasteiger partial charge >= 0.3 is 0 Å². The summed E-state index contributed by atoms with van der Waals surface area (Å²) in [5.74, 6) is 0. The highest BCUT2D eigenvalue weighted by Crippen LogP contribution is 2.44. The molecule has 0 spiro atoms. The monoisotopic (exact) mass is 299 g/mol. The lowest BCUT2D eigenvalue weighted by Gasteiger charge is -2.42. The fourth-order valence-electron chi connectivity index (χ4n) is 3.01. The Balaban J connectivity index is 2.02. The molecular formula is C15H26ClN3O. The SMILES string of the molecule is CCn1nc(C)c(Cl)c1CC1(CNCCOC)CCC1. The lowest BCUT2D eigenvalue weighted by molar-refractivity contribution is 0.120. The molecule has 0 aliphatic heterocycles. The molecule has 5 heteroatoms. The summed E-state index contributed by atoms with van der Waals surface area (Å²) in [6, 6.07) is 0. The van der Waals surface area contributed by atoms with Gasteiger partial charge in [-0.2, -0.15) is 5.10 Å². The van der Waals surface area contributed by atoms with Crippen LogP contribution in [0.1, 0.15) is 37.6 Å². The van der Waals surface area contributed by atoms with Crippen LogP contribution in [0, 0.1) is 12.3 Å². The summed E-state index contributed by atoms with van der Waals surface area (Å²) in [6.07, 6.45) is 4.90. The molecule has 1 N–H and O–H groups in total. The van der Waals surface area contributed by atoms with Gasteiger partial charge in [-0.25, -0.2) is 0 Å². The average Bonchev–Trinajstić information content (AvgIpc) is 2.67. The Labute approximate surface area is 126 Å². The molecule has 2 rings (SSSR count). The van der Waals surface area contributed by atoms with Crippen LogP contribution in [-0.4, -0.2) is 36.6 Å². The van der Waals surface area contributed by atoms with Gasteiger partial charge in [-0.15, -0.1) is 0 Å². The van der Waals surface area contributed by atoms with Crippen molar-refractivity contribution < 1.29 is 4.74 Å². The number of aryl methyl sites for hydroxylation is 2. The van der Waals surface area contributed by atoms with E-state index < -0.39 is 0 Å². The summed E-state index contributed by atoms with van der Waals surface area (Å²) in [5, 5.41) is 8.90. The standard InChI is InChI=1S/C15H26ClN3O/c1-4-19-13(14(16)12(2)18-19)10-15(6-5-7-15)11-17-8-9-20-3/h17H,4-11H2,1-3H3. The number of nitrogens with zero attached hydrogens (tertiary/aromatic N) is 2. The summed E-state index contributed by atoms with van der Waals surface area (Å²) < 4.78 is 7.15. The van der Waals surface area contributed by atoms with Gasteiger partial charge in [0.2, 0.25) is 0 Å². The van der Waals surface area contributed by atoms with E-state index >= 15 is 0 Å². The molecule has 20 heavy (non-hydrogen) atoms. The van der Waals surface area contributed by atoms with E-state index in [1.807, 2.05) is 6.92 Å². The molecule has 0 amide bonds. The Morgan fingerprint density at radius 2 is 2.20 bits per heavy atom. The normalized spacial score (nSPS) is 17.2. The lowest BCUT2D eigenvalue weighted by atomic mass is 9.66. The van der Waals surface area contributed by atoms with Crippen LogP contribution in [0.2, 0.25) is 5.02 Å². The number of ether oxygens (including phenoxy) is 1. The Morgan fingerprint density at radius 1 is 1.45 bits per heavy atom. The summed E-state index contributed by atoms with van der Waals surface area (Å²) in [4.78, 5) is 0. The Kier molecular flexibility index (Phi) is 5.47. The molecule has 1 heterocycles. The second-order valence-electron chi connectivity index (χ2n) is 5.86. The van der Waals surface area contributed by atoms with E-state index in [0.29, 0.717) is 5.41 Å². The number of methoxy groups -OCH3 is 1. The molecule has 0 unspecified atom stereocenters. The average molecular weight is 300 g/mol. The molecule has 1 fully saturated rings. The molecule has 1 saturated carbocycles. The van der Waals surface area contributed by atoms with E-state index in [1.54, 1.807) is 7.11 Å². The third-order valence-electron chi connectivity index (χ3n) is 4.39. The smallest absolute Gasteiger partial charge is 0.0847 e. The van der Waals surface area contributed by atoms with Crippen molar-refractivity contribution in [2.24, 2.45) is 5.41 Å². The quantitative estimate of drug-likeness (QED) is 0.750. The molecule has 0 bridgehead atoms. The van der Waals surface area contributed by atoms with Crippen molar-refractivity contribution in [1.29, 1.82) is 0 Å². The van der Waals surface area contributed by atoms with Crippen molar-refractivity contribution in [2.75, 3.05) is 26.8 Å². The van der Waals surface area contributed by atoms with Gasteiger partial charge in [-0.05, 0) is 38.5 Å². The number of nitrogens with one attached hydrogen (secondary N) is 1. The predicted molar refractivity (Wildman–Crippen MR) is 82.4 cm³/mol. The van der Waals surface area contributed by atoms with Crippen molar-refractivity contribution in [3.8, 4) is 0 Å². The van der Waals surface area contributed by atoms with Gasteiger partial charge < -0.3 is 10.1 Å². The Hall–Kier alpha value is -0.580. The molecule has 1 aliphatic rings. The maximum absolute atomic E-state index is 6.44. The second-order valence-corrected chi connectivity index (χ2v) is 6.24. The number of rotatable bonds is 8. The maximum atomic E-state index is 6.44. The van der Waals surface area contributed by atoms with E-state index in [9.17, 15) is 0 Å². The third kappa shape index (κ3) is 3.35. The van der Waals surface area contributed by atoms with Gasteiger partial charge in [0, 0.05) is 26.7 Å². The zero-order valence-corrected chi connectivity index (χ0v) is 13.6. The van der Waals surface area contributed by atoms with Crippen molar-refractivity contribution in [1.82, 2.24) is 15.1 Å². The van der Waals surface area contributed by atoms with E-state index in [-0.39, 0.29) is 0 Å². The van der Waals surface area contributed by atoms with Gasteiger partial charge in [0.25, 0.3) is 0 Å².